The van der Waals surface area contributed by atoms with Crippen LogP contribution in [0.4, 0.5) is 0 Å². The smallest absolute Gasteiger partial charge is 0.351 e. The lowest BCUT2D eigenvalue weighted by Crippen LogP contribution is -2.16. The first-order valence-electron chi connectivity index (χ1n) is 9.09. The lowest BCUT2D eigenvalue weighted by atomic mass is 10.1. The third-order valence-corrected chi connectivity index (χ3v) is 4.64. The zero-order valence-electron chi connectivity index (χ0n) is 16.3. The first kappa shape index (κ1) is 21.2. The van der Waals surface area contributed by atoms with Gasteiger partial charge in [0.15, 0.2) is 17.3 Å². The highest BCUT2D eigenvalue weighted by Gasteiger charge is 2.27. The normalized spacial score (nSPS) is 10.9. The molecule has 0 aliphatic heterocycles. The van der Waals surface area contributed by atoms with Crippen LogP contribution in [0.3, 0.4) is 0 Å². The van der Waals surface area contributed by atoms with E-state index in [-0.39, 0.29) is 11.1 Å². The van der Waals surface area contributed by atoms with E-state index in [0.29, 0.717) is 0 Å². The van der Waals surface area contributed by atoms with Crippen LogP contribution in [0.1, 0.15) is 10.4 Å². The Morgan fingerprint density at radius 2 is 1.33 bits per heavy atom. The van der Waals surface area contributed by atoms with Gasteiger partial charge in [0.25, 0.3) is 0 Å². The number of hydrogen-bond acceptors (Lipinski definition) is 11. The zero-order valence-corrected chi connectivity index (χ0v) is 16.3. The van der Waals surface area contributed by atoms with Gasteiger partial charge in [-0.05, 0) is 18.2 Å². The average Bonchev–Trinajstić information content (AvgIpc) is 2.70. The van der Waals surface area contributed by atoms with Crippen LogP contribution in [0.2, 0.25) is 0 Å². The molecule has 0 saturated carbocycles. The number of fused-ring (bicyclic) bond motifs is 1. The number of esters is 1. The molecule has 1 heterocycles. The molecule has 0 aliphatic rings. The van der Waals surface area contributed by atoms with E-state index in [2.05, 4.69) is 0 Å². The van der Waals surface area contributed by atoms with Crippen molar-refractivity contribution in [3.05, 3.63) is 58.3 Å². The molecular formula is C22H14O11. The summed E-state index contributed by atoms with van der Waals surface area (Å²) in [4.78, 5) is 25.8. The van der Waals surface area contributed by atoms with Gasteiger partial charge in [0.05, 0.1) is 0 Å². The van der Waals surface area contributed by atoms with Gasteiger partial charge < -0.3 is 44.9 Å². The maximum Gasteiger partial charge on any atom is 0.351 e. The fourth-order valence-corrected chi connectivity index (χ4v) is 3.17. The molecule has 4 aromatic rings. The van der Waals surface area contributed by atoms with Gasteiger partial charge >= 0.3 is 5.97 Å². The lowest BCUT2D eigenvalue weighted by Gasteiger charge is -2.13. The fourth-order valence-electron chi connectivity index (χ4n) is 3.17. The molecule has 33 heavy (non-hydrogen) atoms. The topological polar surface area (TPSA) is 198 Å². The van der Waals surface area contributed by atoms with Crippen LogP contribution >= 0.6 is 0 Å². The van der Waals surface area contributed by atoms with Crippen LogP contribution in [-0.4, -0.2) is 41.7 Å². The van der Waals surface area contributed by atoms with Gasteiger partial charge in [-0.15, -0.1) is 0 Å². The molecule has 4 rings (SSSR count). The number of hydrogen-bond donors (Lipinski definition) is 7. The van der Waals surface area contributed by atoms with Gasteiger partial charge in [-0.1, -0.05) is 0 Å². The van der Waals surface area contributed by atoms with Crippen LogP contribution in [0.25, 0.3) is 22.3 Å². The summed E-state index contributed by atoms with van der Waals surface area (Å²) < 4.78 is 10.7. The van der Waals surface area contributed by atoms with Crippen molar-refractivity contribution in [3.8, 4) is 57.3 Å². The predicted octanol–water partition coefficient (Wildman–Crippen LogP) is 2.62. The van der Waals surface area contributed by atoms with Crippen LogP contribution in [0.15, 0.2) is 51.7 Å². The predicted molar refractivity (Wildman–Crippen MR) is 111 cm³/mol. The van der Waals surface area contributed by atoms with Crippen LogP contribution < -0.4 is 10.2 Å². The summed E-state index contributed by atoms with van der Waals surface area (Å²) in [5.74, 6) is -7.12. The van der Waals surface area contributed by atoms with Gasteiger partial charge in [-0.25, -0.2) is 4.79 Å². The third-order valence-electron chi connectivity index (χ3n) is 4.64. The molecule has 0 saturated heterocycles. The molecule has 0 amide bonds. The Morgan fingerprint density at radius 3 is 1.97 bits per heavy atom. The van der Waals surface area contributed by atoms with Gasteiger partial charge in [-0.3, -0.25) is 4.79 Å². The van der Waals surface area contributed by atoms with E-state index in [0.717, 1.165) is 36.4 Å². The van der Waals surface area contributed by atoms with E-state index in [4.69, 9.17) is 9.15 Å². The highest BCUT2D eigenvalue weighted by atomic mass is 16.5. The summed E-state index contributed by atoms with van der Waals surface area (Å²) in [5, 5.41) is 68.1. The number of phenols is 7. The Labute approximate surface area is 182 Å². The Kier molecular flexibility index (Phi) is 4.86. The standard InChI is InChI=1S/C22H14O11/c23-9-4-13(27)17(14(28)5-9)22(31)33-21-19(30)18-15(29)6-10(24)7-16(18)32-20(21)8-1-2-11(25)12(26)3-8/h1-7,23-29H. The monoisotopic (exact) mass is 454 g/mol. The van der Waals surface area contributed by atoms with Gasteiger partial charge in [0.1, 0.15) is 45.3 Å². The first-order valence-corrected chi connectivity index (χ1v) is 9.09. The highest BCUT2D eigenvalue weighted by Crippen LogP contribution is 2.39. The van der Waals surface area contributed by atoms with Crippen LogP contribution in [0.5, 0.6) is 46.0 Å². The minimum atomic E-state index is -1.42. The third kappa shape index (κ3) is 3.63. The number of phenolic OH excluding ortho intramolecular Hbond substituents is 7. The summed E-state index contributed by atoms with van der Waals surface area (Å²) in [6.45, 7) is 0. The van der Waals surface area contributed by atoms with Crippen molar-refractivity contribution >= 4 is 16.9 Å². The number of aromatic hydroxyl groups is 7. The number of rotatable bonds is 3. The van der Waals surface area contributed by atoms with E-state index < -0.39 is 74.1 Å². The Balaban J connectivity index is 1.98. The van der Waals surface area contributed by atoms with Crippen molar-refractivity contribution in [2.45, 2.75) is 0 Å². The second-order valence-electron chi connectivity index (χ2n) is 6.88. The maximum atomic E-state index is 13.1. The Morgan fingerprint density at radius 1 is 0.727 bits per heavy atom. The van der Waals surface area contributed by atoms with E-state index in [1.807, 2.05) is 0 Å². The highest BCUT2D eigenvalue weighted by molar-refractivity contribution is 5.98. The molecule has 0 spiro atoms. The molecule has 7 N–H and O–H groups in total. The number of ether oxygens (including phenoxy) is 1. The molecule has 0 aliphatic carbocycles. The SMILES string of the molecule is O=C(Oc1c(-c2ccc(O)c(O)c2)oc2cc(O)cc(O)c2c1=O)c1c(O)cc(O)cc1O. The minimum absolute atomic E-state index is 0.0471. The average molecular weight is 454 g/mol. The van der Waals surface area contributed by atoms with Gasteiger partial charge in [0, 0.05) is 29.8 Å². The summed E-state index contributed by atoms with van der Waals surface area (Å²) in [7, 11) is 0. The molecule has 0 atom stereocenters. The molecule has 11 heteroatoms. The second kappa shape index (κ2) is 7.57. The molecule has 11 nitrogen and oxygen atoms in total. The van der Waals surface area contributed by atoms with Gasteiger partial charge in [0.2, 0.25) is 11.2 Å². The van der Waals surface area contributed by atoms with Crippen molar-refractivity contribution in [1.29, 1.82) is 0 Å². The molecule has 168 valence electrons. The molecule has 0 fully saturated rings. The summed E-state index contributed by atoms with van der Waals surface area (Å²) in [6, 6.07) is 6.67. The van der Waals surface area contributed by atoms with Crippen molar-refractivity contribution in [2.24, 2.45) is 0 Å². The maximum absolute atomic E-state index is 13.1. The minimum Gasteiger partial charge on any atom is -0.508 e. The summed E-state index contributed by atoms with van der Waals surface area (Å²) in [6.07, 6.45) is 0. The molecule has 0 bridgehead atoms. The van der Waals surface area contributed by atoms with E-state index in [9.17, 15) is 45.3 Å². The molecule has 0 unspecified atom stereocenters. The number of benzene rings is 3. The quantitative estimate of drug-likeness (QED) is 0.177. The number of carbonyl (C=O) groups is 1. The summed E-state index contributed by atoms with van der Waals surface area (Å²) >= 11 is 0. The lowest BCUT2D eigenvalue weighted by molar-refractivity contribution is 0.0725. The van der Waals surface area contributed by atoms with Gasteiger partial charge in [-0.2, -0.15) is 0 Å². The number of carbonyl (C=O) groups excluding carboxylic acids is 1. The summed E-state index contributed by atoms with van der Waals surface area (Å²) in [5.41, 5.74) is -2.19. The van der Waals surface area contributed by atoms with Crippen molar-refractivity contribution in [1.82, 2.24) is 0 Å². The van der Waals surface area contributed by atoms with E-state index in [1.54, 1.807) is 0 Å². The second-order valence-corrected chi connectivity index (χ2v) is 6.88. The molecule has 0 radical (unpaired) electrons. The van der Waals surface area contributed by atoms with Crippen LogP contribution in [0, 0.1) is 0 Å². The van der Waals surface area contributed by atoms with Crippen LogP contribution in [-0.2, 0) is 0 Å². The Bertz CT molecular complexity index is 1480. The van der Waals surface area contributed by atoms with Crippen molar-refractivity contribution < 1.29 is 49.7 Å². The van der Waals surface area contributed by atoms with Crippen molar-refractivity contribution in [3.63, 3.8) is 0 Å². The Hall–Kier alpha value is -5.06. The molecular weight excluding hydrogens is 440 g/mol. The molecule has 3 aromatic carbocycles. The fraction of sp³-hybridized carbons (Fsp3) is 0. The van der Waals surface area contributed by atoms with E-state index in [1.165, 1.54) is 6.07 Å². The molecule has 1 aromatic heterocycles. The van der Waals surface area contributed by atoms with E-state index >= 15 is 0 Å². The van der Waals surface area contributed by atoms with Crippen molar-refractivity contribution in [2.75, 3.05) is 0 Å². The zero-order chi connectivity index (χ0) is 24.0. The first-order chi connectivity index (χ1) is 15.6. The largest absolute Gasteiger partial charge is 0.508 e.